The quantitative estimate of drug-likeness (QED) is 0.683. The molecule has 3 aromatic rings. The second kappa shape index (κ2) is 8.03. The van der Waals surface area contributed by atoms with Crippen molar-refractivity contribution < 1.29 is 18.0 Å². The summed E-state index contributed by atoms with van der Waals surface area (Å²) in [6.07, 6.45) is -1.64. The number of hydrogen-bond donors (Lipinski definition) is 1. The standard InChI is InChI=1S/C19H16F3N5O/c1-27-25-18(24-26-27)15-7-2-14(3-8-15)12-23-17(28)11-6-13-4-9-16(10-5-13)19(20,21)22/h2-11H,12H2,1H3,(H,23,28). The molecule has 6 nitrogen and oxygen atoms in total. The molecule has 0 radical (unpaired) electrons. The fraction of sp³-hybridized carbons (Fsp3) is 0.158. The molecule has 0 aliphatic heterocycles. The summed E-state index contributed by atoms with van der Waals surface area (Å²) in [5, 5.41) is 14.5. The van der Waals surface area contributed by atoms with E-state index in [0.29, 0.717) is 17.9 Å². The number of hydrogen-bond acceptors (Lipinski definition) is 4. The fourth-order valence-corrected chi connectivity index (χ4v) is 2.37. The van der Waals surface area contributed by atoms with Crippen LogP contribution in [-0.2, 0) is 24.6 Å². The van der Waals surface area contributed by atoms with Gasteiger partial charge in [0.05, 0.1) is 12.6 Å². The third kappa shape index (κ3) is 5.03. The lowest BCUT2D eigenvalue weighted by Gasteiger charge is -2.06. The van der Waals surface area contributed by atoms with Crippen molar-refractivity contribution in [3.8, 4) is 11.4 Å². The Labute approximate surface area is 158 Å². The maximum absolute atomic E-state index is 12.5. The number of benzene rings is 2. The summed E-state index contributed by atoms with van der Waals surface area (Å²) in [6, 6.07) is 11.9. The maximum Gasteiger partial charge on any atom is 0.416 e. The van der Waals surface area contributed by atoms with E-state index in [4.69, 9.17) is 0 Å². The van der Waals surface area contributed by atoms with Gasteiger partial charge >= 0.3 is 6.18 Å². The molecule has 144 valence electrons. The van der Waals surface area contributed by atoms with E-state index in [-0.39, 0.29) is 5.91 Å². The van der Waals surface area contributed by atoms with Gasteiger partial charge in [0.25, 0.3) is 0 Å². The van der Waals surface area contributed by atoms with Gasteiger partial charge in [0.2, 0.25) is 11.7 Å². The molecular formula is C19H16F3N5O. The zero-order chi connectivity index (χ0) is 20.1. The van der Waals surface area contributed by atoms with Crippen LogP contribution >= 0.6 is 0 Å². The van der Waals surface area contributed by atoms with E-state index in [2.05, 4.69) is 20.7 Å². The van der Waals surface area contributed by atoms with E-state index in [1.54, 1.807) is 7.05 Å². The minimum Gasteiger partial charge on any atom is -0.348 e. The van der Waals surface area contributed by atoms with Crippen molar-refractivity contribution in [3.63, 3.8) is 0 Å². The fourth-order valence-electron chi connectivity index (χ4n) is 2.37. The first kappa shape index (κ1) is 19.3. The summed E-state index contributed by atoms with van der Waals surface area (Å²) < 4.78 is 37.6. The Balaban J connectivity index is 1.53. The maximum atomic E-state index is 12.5. The Hall–Kier alpha value is -3.49. The van der Waals surface area contributed by atoms with Gasteiger partial charge in [0.15, 0.2) is 0 Å². The summed E-state index contributed by atoms with van der Waals surface area (Å²) in [5.74, 6) is 0.164. The molecule has 1 aromatic heterocycles. The Kier molecular flexibility index (Phi) is 5.53. The molecule has 0 aliphatic rings. The lowest BCUT2D eigenvalue weighted by atomic mass is 10.1. The number of aryl methyl sites for hydroxylation is 1. The predicted molar refractivity (Wildman–Crippen MR) is 96.6 cm³/mol. The molecule has 1 amide bonds. The molecular weight excluding hydrogens is 371 g/mol. The number of tetrazole rings is 1. The molecule has 2 aromatic carbocycles. The van der Waals surface area contributed by atoms with Crippen LogP contribution in [0.3, 0.4) is 0 Å². The van der Waals surface area contributed by atoms with E-state index in [9.17, 15) is 18.0 Å². The lowest BCUT2D eigenvalue weighted by molar-refractivity contribution is -0.137. The molecule has 0 atom stereocenters. The molecule has 28 heavy (non-hydrogen) atoms. The molecule has 0 unspecified atom stereocenters. The second-order valence-corrected chi connectivity index (χ2v) is 5.97. The number of halogens is 3. The minimum absolute atomic E-state index is 0.310. The highest BCUT2D eigenvalue weighted by Crippen LogP contribution is 2.29. The minimum atomic E-state index is -4.38. The Bertz CT molecular complexity index is 976. The van der Waals surface area contributed by atoms with Crippen molar-refractivity contribution in [2.75, 3.05) is 0 Å². The van der Waals surface area contributed by atoms with E-state index >= 15 is 0 Å². The first-order chi connectivity index (χ1) is 13.3. The van der Waals surface area contributed by atoms with Gasteiger partial charge in [-0.15, -0.1) is 10.2 Å². The van der Waals surface area contributed by atoms with Crippen LogP contribution in [0, 0.1) is 0 Å². The average Bonchev–Trinajstić information content (AvgIpc) is 3.11. The van der Waals surface area contributed by atoms with Crippen LogP contribution < -0.4 is 5.32 Å². The van der Waals surface area contributed by atoms with Gasteiger partial charge in [0, 0.05) is 18.2 Å². The number of aromatic nitrogens is 4. The van der Waals surface area contributed by atoms with Crippen LogP contribution in [0.5, 0.6) is 0 Å². The zero-order valence-electron chi connectivity index (χ0n) is 14.8. The van der Waals surface area contributed by atoms with Crippen molar-refractivity contribution >= 4 is 12.0 Å². The summed E-state index contributed by atoms with van der Waals surface area (Å²) in [5.41, 5.74) is 1.47. The number of alkyl halides is 3. The van der Waals surface area contributed by atoms with Crippen molar-refractivity contribution in [3.05, 3.63) is 71.3 Å². The van der Waals surface area contributed by atoms with Gasteiger partial charge in [-0.25, -0.2) is 0 Å². The second-order valence-electron chi connectivity index (χ2n) is 5.97. The van der Waals surface area contributed by atoms with E-state index in [0.717, 1.165) is 23.3 Å². The van der Waals surface area contributed by atoms with Gasteiger partial charge in [-0.1, -0.05) is 36.4 Å². The number of rotatable bonds is 5. The summed E-state index contributed by atoms with van der Waals surface area (Å²) >= 11 is 0. The number of nitrogens with zero attached hydrogens (tertiary/aromatic N) is 4. The average molecular weight is 387 g/mol. The molecule has 9 heteroatoms. The number of carbonyl (C=O) groups is 1. The van der Waals surface area contributed by atoms with Gasteiger partial charge < -0.3 is 5.32 Å². The molecule has 3 rings (SSSR count). The van der Waals surface area contributed by atoms with Crippen molar-refractivity contribution in [2.45, 2.75) is 12.7 Å². The molecule has 0 bridgehead atoms. The third-order valence-corrected chi connectivity index (χ3v) is 3.85. The summed E-state index contributed by atoms with van der Waals surface area (Å²) in [6.45, 7) is 0.310. The number of amides is 1. The van der Waals surface area contributed by atoms with E-state index in [1.165, 1.54) is 29.1 Å². The van der Waals surface area contributed by atoms with E-state index in [1.807, 2.05) is 24.3 Å². The Morgan fingerprint density at radius 2 is 1.79 bits per heavy atom. The molecule has 0 aliphatic carbocycles. The highest BCUT2D eigenvalue weighted by molar-refractivity contribution is 5.91. The van der Waals surface area contributed by atoms with Crippen molar-refractivity contribution in [1.82, 2.24) is 25.5 Å². The van der Waals surface area contributed by atoms with Gasteiger partial charge in [-0.05, 0) is 34.5 Å². The molecule has 1 N–H and O–H groups in total. The molecule has 0 fully saturated rings. The Morgan fingerprint density at radius 3 is 2.36 bits per heavy atom. The number of nitrogens with one attached hydrogen (secondary N) is 1. The SMILES string of the molecule is Cn1nnc(-c2ccc(CNC(=O)C=Cc3ccc(C(F)(F)F)cc3)cc2)n1. The van der Waals surface area contributed by atoms with Crippen LogP contribution in [0.2, 0.25) is 0 Å². The van der Waals surface area contributed by atoms with E-state index < -0.39 is 11.7 Å². The van der Waals surface area contributed by atoms with Crippen molar-refractivity contribution in [1.29, 1.82) is 0 Å². The van der Waals surface area contributed by atoms with Crippen LogP contribution in [0.25, 0.3) is 17.5 Å². The highest BCUT2D eigenvalue weighted by Gasteiger charge is 2.29. The first-order valence-corrected chi connectivity index (χ1v) is 8.28. The smallest absolute Gasteiger partial charge is 0.348 e. The molecule has 0 spiro atoms. The van der Waals surface area contributed by atoms with Crippen molar-refractivity contribution in [2.24, 2.45) is 7.05 Å². The van der Waals surface area contributed by atoms with Crippen LogP contribution in [0.1, 0.15) is 16.7 Å². The largest absolute Gasteiger partial charge is 0.416 e. The summed E-state index contributed by atoms with van der Waals surface area (Å²) in [4.78, 5) is 13.3. The molecule has 1 heterocycles. The van der Waals surface area contributed by atoms with Crippen LogP contribution in [0.4, 0.5) is 13.2 Å². The normalized spacial score (nSPS) is 11.7. The topological polar surface area (TPSA) is 72.7 Å². The zero-order valence-corrected chi connectivity index (χ0v) is 14.8. The molecule has 0 saturated carbocycles. The lowest BCUT2D eigenvalue weighted by Crippen LogP contribution is -2.20. The van der Waals surface area contributed by atoms with Gasteiger partial charge in [-0.2, -0.15) is 18.0 Å². The predicted octanol–water partition coefficient (Wildman–Crippen LogP) is 3.23. The van der Waals surface area contributed by atoms with Crippen LogP contribution in [0.15, 0.2) is 54.6 Å². The van der Waals surface area contributed by atoms with Gasteiger partial charge in [-0.3, -0.25) is 4.79 Å². The van der Waals surface area contributed by atoms with Gasteiger partial charge in [0.1, 0.15) is 0 Å². The Morgan fingerprint density at radius 1 is 1.11 bits per heavy atom. The number of carbonyl (C=O) groups excluding carboxylic acids is 1. The summed E-state index contributed by atoms with van der Waals surface area (Å²) in [7, 11) is 1.68. The highest BCUT2D eigenvalue weighted by atomic mass is 19.4. The van der Waals surface area contributed by atoms with Crippen LogP contribution in [-0.4, -0.2) is 26.1 Å². The first-order valence-electron chi connectivity index (χ1n) is 8.28. The molecule has 0 saturated heterocycles. The third-order valence-electron chi connectivity index (χ3n) is 3.85. The monoisotopic (exact) mass is 387 g/mol.